The van der Waals surface area contributed by atoms with E-state index < -0.39 is 0 Å². The van der Waals surface area contributed by atoms with Gasteiger partial charge in [-0.2, -0.15) is 5.26 Å². The van der Waals surface area contributed by atoms with Crippen molar-refractivity contribution in [3.05, 3.63) is 35.4 Å². The predicted molar refractivity (Wildman–Crippen MR) is 59.3 cm³/mol. The minimum absolute atomic E-state index is 0. The lowest BCUT2D eigenvalue weighted by Crippen LogP contribution is -2.29. The topological polar surface area (TPSA) is 78.9 Å². The van der Waals surface area contributed by atoms with Crippen LogP contribution in [-0.4, -0.2) is 12.5 Å². The van der Waals surface area contributed by atoms with Crippen molar-refractivity contribution in [1.82, 2.24) is 5.32 Å². The van der Waals surface area contributed by atoms with Crippen molar-refractivity contribution in [3.8, 4) is 6.07 Å². The van der Waals surface area contributed by atoms with E-state index in [1.807, 2.05) is 6.07 Å². The van der Waals surface area contributed by atoms with E-state index in [0.717, 1.165) is 5.56 Å². The van der Waals surface area contributed by atoms with Gasteiger partial charge in [0.05, 0.1) is 18.2 Å². The van der Waals surface area contributed by atoms with Crippen LogP contribution in [0.1, 0.15) is 11.1 Å². The van der Waals surface area contributed by atoms with E-state index in [-0.39, 0.29) is 24.9 Å². The number of carbonyl (C=O) groups is 1. The molecule has 4 nitrogen and oxygen atoms in total. The van der Waals surface area contributed by atoms with Gasteiger partial charge in [-0.25, -0.2) is 0 Å². The number of nitriles is 1. The van der Waals surface area contributed by atoms with Crippen molar-refractivity contribution in [2.45, 2.75) is 6.54 Å². The fraction of sp³-hybridized carbons (Fsp3) is 0.200. The lowest BCUT2D eigenvalue weighted by atomic mass is 10.1. The molecule has 0 saturated heterocycles. The summed E-state index contributed by atoms with van der Waals surface area (Å²) in [6.45, 7) is 0.442. The van der Waals surface area contributed by atoms with Crippen molar-refractivity contribution in [2.75, 3.05) is 6.54 Å². The summed E-state index contributed by atoms with van der Waals surface area (Å²) in [5.74, 6) is -0.186. The van der Waals surface area contributed by atoms with Gasteiger partial charge < -0.3 is 11.1 Å². The van der Waals surface area contributed by atoms with Crippen LogP contribution in [0.5, 0.6) is 0 Å². The zero-order chi connectivity index (χ0) is 10.4. The van der Waals surface area contributed by atoms with Gasteiger partial charge in [0.2, 0.25) is 5.91 Å². The molecule has 1 amide bonds. The Morgan fingerprint density at radius 1 is 1.40 bits per heavy atom. The Hall–Kier alpha value is -1.57. The molecule has 0 aromatic heterocycles. The van der Waals surface area contributed by atoms with E-state index >= 15 is 0 Å². The zero-order valence-electron chi connectivity index (χ0n) is 8.06. The summed E-state index contributed by atoms with van der Waals surface area (Å²) >= 11 is 0. The highest BCUT2D eigenvalue weighted by molar-refractivity contribution is 5.85. The first-order chi connectivity index (χ1) is 6.76. The summed E-state index contributed by atoms with van der Waals surface area (Å²) in [5, 5.41) is 11.2. The van der Waals surface area contributed by atoms with Crippen LogP contribution in [0.15, 0.2) is 24.3 Å². The minimum Gasteiger partial charge on any atom is -0.351 e. The number of hydrogen-bond donors (Lipinski definition) is 2. The van der Waals surface area contributed by atoms with Gasteiger partial charge in [0, 0.05) is 6.54 Å². The molecule has 0 saturated carbocycles. The van der Waals surface area contributed by atoms with Gasteiger partial charge in [0.15, 0.2) is 0 Å². The van der Waals surface area contributed by atoms with Gasteiger partial charge in [-0.05, 0) is 17.7 Å². The van der Waals surface area contributed by atoms with Gasteiger partial charge in [0.25, 0.3) is 0 Å². The first kappa shape index (κ1) is 13.4. The van der Waals surface area contributed by atoms with Crippen LogP contribution in [-0.2, 0) is 11.3 Å². The van der Waals surface area contributed by atoms with Crippen LogP contribution >= 0.6 is 12.4 Å². The number of halogens is 1. The van der Waals surface area contributed by atoms with Crippen LogP contribution in [0.25, 0.3) is 0 Å². The molecule has 5 heteroatoms. The second kappa shape index (κ2) is 6.82. The van der Waals surface area contributed by atoms with Crippen LogP contribution in [0.3, 0.4) is 0 Å². The monoisotopic (exact) mass is 225 g/mol. The third-order valence-electron chi connectivity index (χ3n) is 1.76. The SMILES string of the molecule is Cl.N#Cc1ccc(CNC(=O)CN)cc1. The molecule has 0 unspecified atom stereocenters. The molecule has 0 aliphatic heterocycles. The van der Waals surface area contributed by atoms with Crippen LogP contribution < -0.4 is 11.1 Å². The normalized spacial score (nSPS) is 8.53. The highest BCUT2D eigenvalue weighted by Crippen LogP contribution is 2.02. The standard InChI is InChI=1S/C10H11N3O.ClH/c11-5-8-1-3-9(4-2-8)7-13-10(14)6-12;/h1-4H,6-7,12H2,(H,13,14);1H. The van der Waals surface area contributed by atoms with E-state index in [1.165, 1.54) is 0 Å². The average Bonchev–Trinajstić information content (AvgIpc) is 2.26. The number of hydrogen-bond acceptors (Lipinski definition) is 3. The number of nitrogens with zero attached hydrogens (tertiary/aromatic N) is 1. The maximum Gasteiger partial charge on any atom is 0.234 e. The van der Waals surface area contributed by atoms with Gasteiger partial charge in [-0.15, -0.1) is 12.4 Å². The van der Waals surface area contributed by atoms with E-state index in [2.05, 4.69) is 5.32 Å². The van der Waals surface area contributed by atoms with Gasteiger partial charge in [0.1, 0.15) is 0 Å². The van der Waals surface area contributed by atoms with E-state index in [4.69, 9.17) is 11.0 Å². The molecule has 15 heavy (non-hydrogen) atoms. The smallest absolute Gasteiger partial charge is 0.234 e. The molecule has 0 heterocycles. The lowest BCUT2D eigenvalue weighted by Gasteiger charge is -2.02. The Kier molecular flexibility index (Phi) is 6.11. The van der Waals surface area contributed by atoms with E-state index in [0.29, 0.717) is 12.1 Å². The highest BCUT2D eigenvalue weighted by Gasteiger charge is 1.97. The molecule has 0 fully saturated rings. The van der Waals surface area contributed by atoms with Gasteiger partial charge >= 0.3 is 0 Å². The van der Waals surface area contributed by atoms with Gasteiger partial charge in [-0.1, -0.05) is 12.1 Å². The van der Waals surface area contributed by atoms with Crippen molar-refractivity contribution in [2.24, 2.45) is 5.73 Å². The summed E-state index contributed by atoms with van der Waals surface area (Å²) in [7, 11) is 0. The summed E-state index contributed by atoms with van der Waals surface area (Å²) in [6, 6.07) is 9.05. The molecular formula is C10H12ClN3O. The van der Waals surface area contributed by atoms with Crippen molar-refractivity contribution in [3.63, 3.8) is 0 Å². The Balaban J connectivity index is 0.00000196. The molecule has 0 aliphatic carbocycles. The predicted octanol–water partition coefficient (Wildman–Crippen LogP) is 0.555. The molecule has 0 aliphatic rings. The van der Waals surface area contributed by atoms with Crippen LogP contribution in [0.2, 0.25) is 0 Å². The van der Waals surface area contributed by atoms with Crippen molar-refractivity contribution >= 4 is 18.3 Å². The molecule has 0 radical (unpaired) electrons. The number of benzene rings is 1. The van der Waals surface area contributed by atoms with Crippen molar-refractivity contribution in [1.29, 1.82) is 5.26 Å². The largest absolute Gasteiger partial charge is 0.351 e. The number of carbonyl (C=O) groups excluding carboxylic acids is 1. The Morgan fingerprint density at radius 3 is 2.47 bits per heavy atom. The average molecular weight is 226 g/mol. The van der Waals surface area contributed by atoms with Crippen LogP contribution in [0.4, 0.5) is 0 Å². The van der Waals surface area contributed by atoms with Gasteiger partial charge in [-0.3, -0.25) is 4.79 Å². The first-order valence-electron chi connectivity index (χ1n) is 4.22. The molecule has 3 N–H and O–H groups in total. The molecule has 1 aromatic rings. The quantitative estimate of drug-likeness (QED) is 0.789. The Morgan fingerprint density at radius 2 is 2.00 bits per heavy atom. The Labute approximate surface area is 94.5 Å². The lowest BCUT2D eigenvalue weighted by molar-refractivity contribution is -0.119. The number of amides is 1. The molecule has 0 spiro atoms. The minimum atomic E-state index is -0.186. The maximum absolute atomic E-state index is 10.8. The second-order valence-corrected chi connectivity index (χ2v) is 2.79. The Bertz CT molecular complexity index is 356. The molecule has 0 bridgehead atoms. The molecule has 1 rings (SSSR count). The van der Waals surface area contributed by atoms with E-state index in [9.17, 15) is 4.79 Å². The second-order valence-electron chi connectivity index (χ2n) is 2.79. The maximum atomic E-state index is 10.8. The first-order valence-corrected chi connectivity index (χ1v) is 4.22. The molecular weight excluding hydrogens is 214 g/mol. The van der Waals surface area contributed by atoms with Crippen molar-refractivity contribution < 1.29 is 4.79 Å². The van der Waals surface area contributed by atoms with Crippen LogP contribution in [0, 0.1) is 11.3 Å². The van der Waals surface area contributed by atoms with E-state index in [1.54, 1.807) is 24.3 Å². The zero-order valence-corrected chi connectivity index (χ0v) is 8.88. The molecule has 0 atom stereocenters. The summed E-state index contributed by atoms with van der Waals surface area (Å²) < 4.78 is 0. The fourth-order valence-corrected chi connectivity index (χ4v) is 0.970. The number of nitrogens with one attached hydrogen (secondary N) is 1. The third-order valence-corrected chi connectivity index (χ3v) is 1.76. The molecule has 1 aromatic carbocycles. The summed E-state index contributed by atoms with van der Waals surface area (Å²) in [4.78, 5) is 10.8. The number of nitrogens with two attached hydrogens (primary N) is 1. The molecule has 80 valence electrons. The summed E-state index contributed by atoms with van der Waals surface area (Å²) in [6.07, 6.45) is 0. The number of rotatable bonds is 3. The summed E-state index contributed by atoms with van der Waals surface area (Å²) in [5.41, 5.74) is 6.69. The highest BCUT2D eigenvalue weighted by atomic mass is 35.5. The third kappa shape index (κ3) is 4.45. The fourth-order valence-electron chi connectivity index (χ4n) is 0.970.